The fourth-order valence-corrected chi connectivity index (χ4v) is 11.2. The van der Waals surface area contributed by atoms with E-state index in [-0.39, 0.29) is 25.7 Å². The first-order chi connectivity index (χ1) is 40.2. The second kappa shape index (κ2) is 59.0. The van der Waals surface area contributed by atoms with Gasteiger partial charge in [-0.25, -0.2) is 9.13 Å². The molecule has 5 atom stereocenters. The van der Waals surface area contributed by atoms with Crippen LogP contribution in [0.2, 0.25) is 0 Å². The number of unbranched alkanes of at least 4 members (excludes halogenated alkanes) is 39. The summed E-state index contributed by atoms with van der Waals surface area (Å²) in [6.45, 7) is 4.78. The van der Waals surface area contributed by atoms with Gasteiger partial charge in [0, 0.05) is 25.7 Å². The van der Waals surface area contributed by atoms with Crippen molar-refractivity contribution in [1.29, 1.82) is 0 Å². The lowest BCUT2D eigenvalue weighted by Crippen LogP contribution is -2.30. The minimum atomic E-state index is -4.94. The number of phosphoric ester groups is 2. The van der Waals surface area contributed by atoms with Crippen LogP contribution in [-0.2, 0) is 65.4 Å². The fourth-order valence-electron chi connectivity index (χ4n) is 9.63. The van der Waals surface area contributed by atoms with Gasteiger partial charge in [0.05, 0.1) is 26.4 Å². The molecule has 0 aliphatic carbocycles. The summed E-state index contributed by atoms with van der Waals surface area (Å²) >= 11 is 0. The van der Waals surface area contributed by atoms with Crippen molar-refractivity contribution in [3.05, 3.63) is 0 Å². The maximum atomic E-state index is 13.0. The Morgan fingerprint density at radius 1 is 0.289 bits per heavy atom. The van der Waals surface area contributed by atoms with Crippen LogP contribution in [0.5, 0.6) is 0 Å². The van der Waals surface area contributed by atoms with Gasteiger partial charge < -0.3 is 33.8 Å². The molecule has 0 fully saturated rings. The number of ether oxygens (including phenoxy) is 4. The number of esters is 4. The average molecular weight is 1230 g/mol. The molecule has 0 spiro atoms. The third-order valence-corrected chi connectivity index (χ3v) is 16.8. The average Bonchev–Trinajstić information content (AvgIpc) is 3.50. The standard InChI is InChI=1S/C64H124O17P2/c1-5-9-13-17-20-23-25-27-28-29-30-31-32-34-36-39-43-47-51-64(69)81-60(55-75-62(67)49-45-41-38-35-33-26-24-21-18-14-10-6-2)57-79-83(72,73)77-53-58(65)52-76-82(70,71)78-56-59(54-74-61(66)48-44-40-16-12-8-4)80-63(68)50-46-42-37-22-19-15-11-7-3/h58-60,65H,5-57H2,1-4H3,(H,70,71)(H,72,73)/t58-,59+,60+/m0/s1. The van der Waals surface area contributed by atoms with Gasteiger partial charge in [-0.2, -0.15) is 0 Å². The van der Waals surface area contributed by atoms with Crippen molar-refractivity contribution in [2.75, 3.05) is 39.6 Å². The molecule has 0 aliphatic heterocycles. The highest BCUT2D eigenvalue weighted by Crippen LogP contribution is 2.45. The Labute approximate surface area is 505 Å². The highest BCUT2D eigenvalue weighted by Gasteiger charge is 2.30. The second-order valence-electron chi connectivity index (χ2n) is 23.2. The van der Waals surface area contributed by atoms with Crippen LogP contribution in [0.1, 0.15) is 329 Å². The second-order valence-corrected chi connectivity index (χ2v) is 26.1. The molecular formula is C64H124O17P2. The first-order valence-corrected chi connectivity index (χ1v) is 36.8. The zero-order valence-electron chi connectivity index (χ0n) is 53.2. The van der Waals surface area contributed by atoms with Crippen LogP contribution in [0, 0.1) is 0 Å². The number of hydrogen-bond donors (Lipinski definition) is 3. The molecule has 19 heteroatoms. The normalized spacial score (nSPS) is 14.2. The van der Waals surface area contributed by atoms with E-state index in [1.165, 1.54) is 148 Å². The predicted molar refractivity (Wildman–Crippen MR) is 331 cm³/mol. The molecular weight excluding hydrogens is 1100 g/mol. The lowest BCUT2D eigenvalue weighted by molar-refractivity contribution is -0.161. The lowest BCUT2D eigenvalue weighted by atomic mass is 10.0. The van der Waals surface area contributed by atoms with Crippen LogP contribution in [0.4, 0.5) is 0 Å². The van der Waals surface area contributed by atoms with Crippen molar-refractivity contribution >= 4 is 39.5 Å². The van der Waals surface area contributed by atoms with E-state index in [4.69, 9.17) is 37.0 Å². The van der Waals surface area contributed by atoms with Gasteiger partial charge in [0.1, 0.15) is 19.3 Å². The van der Waals surface area contributed by atoms with E-state index >= 15 is 0 Å². The zero-order valence-corrected chi connectivity index (χ0v) is 54.9. The zero-order chi connectivity index (χ0) is 61.2. The van der Waals surface area contributed by atoms with E-state index in [0.717, 1.165) is 103 Å². The van der Waals surface area contributed by atoms with Gasteiger partial charge in [-0.3, -0.25) is 37.3 Å². The van der Waals surface area contributed by atoms with Gasteiger partial charge in [0.25, 0.3) is 0 Å². The molecule has 3 N–H and O–H groups in total. The summed E-state index contributed by atoms with van der Waals surface area (Å²) < 4.78 is 67.7. The van der Waals surface area contributed by atoms with E-state index in [1.807, 2.05) is 0 Å². The fraction of sp³-hybridized carbons (Fsp3) is 0.938. The van der Waals surface area contributed by atoms with E-state index in [9.17, 15) is 43.2 Å². The molecule has 492 valence electrons. The minimum Gasteiger partial charge on any atom is -0.462 e. The Bertz CT molecular complexity index is 1600. The molecule has 0 amide bonds. The number of carbonyl (C=O) groups is 4. The Balaban J connectivity index is 5.12. The van der Waals surface area contributed by atoms with Gasteiger partial charge >= 0.3 is 39.5 Å². The topological polar surface area (TPSA) is 237 Å². The minimum absolute atomic E-state index is 0.104. The largest absolute Gasteiger partial charge is 0.472 e. The summed E-state index contributed by atoms with van der Waals surface area (Å²) in [5.74, 6) is -2.14. The van der Waals surface area contributed by atoms with Gasteiger partial charge in [-0.05, 0) is 25.7 Å². The van der Waals surface area contributed by atoms with Crippen LogP contribution in [0.25, 0.3) is 0 Å². The Hall–Kier alpha value is -1.94. The van der Waals surface area contributed by atoms with Crippen molar-refractivity contribution < 1.29 is 80.2 Å². The summed E-state index contributed by atoms with van der Waals surface area (Å²) in [6.07, 6.45) is 44.9. The van der Waals surface area contributed by atoms with Crippen molar-refractivity contribution in [2.24, 2.45) is 0 Å². The molecule has 0 aromatic rings. The van der Waals surface area contributed by atoms with Crippen LogP contribution < -0.4 is 0 Å². The van der Waals surface area contributed by atoms with Crippen LogP contribution in [0.3, 0.4) is 0 Å². The third-order valence-electron chi connectivity index (χ3n) is 14.9. The molecule has 2 unspecified atom stereocenters. The van der Waals surface area contributed by atoms with E-state index in [0.29, 0.717) is 25.7 Å². The summed E-state index contributed by atoms with van der Waals surface area (Å²) in [5.41, 5.74) is 0. The Morgan fingerprint density at radius 3 is 0.711 bits per heavy atom. The first-order valence-electron chi connectivity index (χ1n) is 33.8. The molecule has 0 saturated heterocycles. The first kappa shape index (κ1) is 81.1. The van der Waals surface area contributed by atoms with Crippen molar-refractivity contribution in [2.45, 2.75) is 348 Å². The number of aliphatic hydroxyl groups excluding tert-OH is 1. The van der Waals surface area contributed by atoms with Gasteiger partial charge in [0.2, 0.25) is 0 Å². The smallest absolute Gasteiger partial charge is 0.462 e. The summed E-state index contributed by atoms with van der Waals surface area (Å²) in [4.78, 5) is 71.9. The van der Waals surface area contributed by atoms with E-state index < -0.39 is 97.5 Å². The molecule has 0 aliphatic rings. The Morgan fingerprint density at radius 2 is 0.482 bits per heavy atom. The summed E-state index contributed by atoms with van der Waals surface area (Å²) in [6, 6.07) is 0. The molecule has 0 aromatic carbocycles. The third kappa shape index (κ3) is 58.8. The number of hydrogen-bond acceptors (Lipinski definition) is 15. The molecule has 0 heterocycles. The molecule has 0 rings (SSSR count). The van der Waals surface area contributed by atoms with Crippen molar-refractivity contribution in [3.63, 3.8) is 0 Å². The van der Waals surface area contributed by atoms with Crippen LogP contribution in [-0.4, -0.2) is 96.7 Å². The maximum absolute atomic E-state index is 13.0. The molecule has 0 aromatic heterocycles. The highest BCUT2D eigenvalue weighted by molar-refractivity contribution is 7.47. The van der Waals surface area contributed by atoms with Gasteiger partial charge in [0.15, 0.2) is 12.2 Å². The predicted octanol–water partition coefficient (Wildman–Crippen LogP) is 17.9. The number of rotatable bonds is 65. The SMILES string of the molecule is CCCCCCCCCCCCCCCCCCCCC(=O)O[C@H](COC(=O)CCCCCCCCCCCCCC)COP(=O)(O)OC[C@@H](O)COP(=O)(O)OC[C@@H](COC(=O)CCCCCCC)OC(=O)CCCCCCCCCC. The maximum Gasteiger partial charge on any atom is 0.472 e. The monoisotopic (exact) mass is 1230 g/mol. The van der Waals surface area contributed by atoms with Crippen LogP contribution >= 0.6 is 15.6 Å². The molecule has 0 bridgehead atoms. The van der Waals surface area contributed by atoms with Crippen molar-refractivity contribution in [1.82, 2.24) is 0 Å². The number of phosphoric acid groups is 2. The quantitative estimate of drug-likeness (QED) is 0.0222. The van der Waals surface area contributed by atoms with Gasteiger partial charge in [-0.15, -0.1) is 0 Å². The van der Waals surface area contributed by atoms with E-state index in [1.54, 1.807) is 0 Å². The van der Waals surface area contributed by atoms with Gasteiger partial charge in [-0.1, -0.05) is 278 Å². The van der Waals surface area contributed by atoms with Crippen LogP contribution in [0.15, 0.2) is 0 Å². The molecule has 17 nitrogen and oxygen atoms in total. The lowest BCUT2D eigenvalue weighted by Gasteiger charge is -2.21. The number of carbonyl (C=O) groups excluding carboxylic acids is 4. The number of aliphatic hydroxyl groups is 1. The molecule has 0 saturated carbocycles. The Kier molecular flexibility index (Phi) is 57.7. The summed E-state index contributed by atoms with van der Waals surface area (Å²) in [7, 11) is -9.87. The molecule has 0 radical (unpaired) electrons. The summed E-state index contributed by atoms with van der Waals surface area (Å²) in [5, 5.41) is 10.5. The highest BCUT2D eigenvalue weighted by atomic mass is 31.2. The molecule has 83 heavy (non-hydrogen) atoms. The van der Waals surface area contributed by atoms with E-state index in [2.05, 4.69) is 27.7 Å². The van der Waals surface area contributed by atoms with Crippen molar-refractivity contribution in [3.8, 4) is 0 Å².